The van der Waals surface area contributed by atoms with Crippen molar-refractivity contribution in [2.75, 3.05) is 19.8 Å². The van der Waals surface area contributed by atoms with Gasteiger partial charge in [-0.2, -0.15) is 0 Å². The zero-order valence-electron chi connectivity index (χ0n) is 25.5. The molecule has 0 aromatic heterocycles. The summed E-state index contributed by atoms with van der Waals surface area (Å²) in [4.78, 5) is 4.15. The lowest BCUT2D eigenvalue weighted by Gasteiger charge is -2.45. The number of aliphatic hydroxyl groups is 11. The van der Waals surface area contributed by atoms with Crippen LogP contribution in [0.5, 0.6) is 0 Å². The fraction of sp³-hybridized carbons (Fsp3) is 0.963. The average molecular weight is 688 g/mol. The van der Waals surface area contributed by atoms with Crippen LogP contribution in [0.15, 0.2) is 4.99 Å². The van der Waals surface area contributed by atoms with Crippen LogP contribution < -0.4 is 0 Å². The second-order valence-corrected chi connectivity index (χ2v) is 12.2. The molecule has 4 fully saturated rings. The smallest absolute Gasteiger partial charge is 0.227 e. The molecule has 4 saturated heterocycles. The SMILES string of the molecule is CCC1O[C@H](OCC2O[C@H](OCC3O[C@@H](O[C@@H]4C(CO)O[C@@H]5OC(C)=NC5[C@H]4O)C(O)[C@@H](O)[C@@H]3O)C(O)[C@@H](O)[C@@H]2O)C(O)[C@@H](O)[C@@H]1O. The molecule has 5 heterocycles. The van der Waals surface area contributed by atoms with Crippen molar-refractivity contribution >= 4 is 5.90 Å². The van der Waals surface area contributed by atoms with Gasteiger partial charge in [0, 0.05) is 6.92 Å². The second kappa shape index (κ2) is 15.3. The van der Waals surface area contributed by atoms with Crippen molar-refractivity contribution in [3.05, 3.63) is 0 Å². The summed E-state index contributed by atoms with van der Waals surface area (Å²) < 4.78 is 44.5. The number of hydrogen-bond donors (Lipinski definition) is 11. The molecule has 5 aliphatic rings. The van der Waals surface area contributed by atoms with Gasteiger partial charge in [-0.3, -0.25) is 0 Å². The second-order valence-electron chi connectivity index (χ2n) is 12.2. The summed E-state index contributed by atoms with van der Waals surface area (Å²) in [6.45, 7) is 1.43. The highest BCUT2D eigenvalue weighted by molar-refractivity contribution is 5.75. The third-order valence-corrected chi connectivity index (χ3v) is 8.99. The number of fused-ring (bicyclic) bond motifs is 1. The van der Waals surface area contributed by atoms with Crippen LogP contribution in [0.1, 0.15) is 20.3 Å². The lowest BCUT2D eigenvalue weighted by molar-refractivity contribution is -0.355. The fourth-order valence-electron chi connectivity index (χ4n) is 6.15. The molecular weight excluding hydrogens is 642 g/mol. The summed E-state index contributed by atoms with van der Waals surface area (Å²) >= 11 is 0. The van der Waals surface area contributed by atoms with Crippen LogP contribution in [0.4, 0.5) is 0 Å². The standard InChI is InChI=1S/C27H45NO19/c1-3-8-13(30)17(34)20(37)25(43-8)40-5-10-14(31)18(35)21(38)26(45-10)41-6-11-15(32)19(36)22(39)27(46-11)47-23-9(4-29)44-24-12(16(23)33)28-7(2)42-24/h8-27,29-39H,3-6H2,1-2H3/t8?,9?,10?,11?,12?,13-,14-,15-,16-,17+,18+,19+,20?,21?,22?,23-,24+,25+,26+,27+/m1/s1. The van der Waals surface area contributed by atoms with Gasteiger partial charge in [0.15, 0.2) is 24.8 Å². The van der Waals surface area contributed by atoms with Crippen molar-refractivity contribution in [2.45, 2.75) is 143 Å². The van der Waals surface area contributed by atoms with Gasteiger partial charge in [0.05, 0.1) is 25.9 Å². The molecule has 0 aliphatic carbocycles. The van der Waals surface area contributed by atoms with Crippen molar-refractivity contribution in [2.24, 2.45) is 4.99 Å². The van der Waals surface area contributed by atoms with Gasteiger partial charge in [-0.1, -0.05) is 6.92 Å². The summed E-state index contributed by atoms with van der Waals surface area (Å²) in [6.07, 6.45) is -28.5. The molecule has 20 heteroatoms. The molecule has 0 aromatic rings. The molecular formula is C27H45NO19. The van der Waals surface area contributed by atoms with Crippen LogP contribution in [0.25, 0.3) is 0 Å². The van der Waals surface area contributed by atoms with Gasteiger partial charge in [-0.05, 0) is 6.42 Å². The Bertz CT molecular complexity index is 1060. The lowest BCUT2D eigenvalue weighted by atomic mass is 9.96. The number of ether oxygens (including phenoxy) is 8. The lowest BCUT2D eigenvalue weighted by Crippen LogP contribution is -2.64. The van der Waals surface area contributed by atoms with E-state index < -0.39 is 143 Å². The molecule has 20 nitrogen and oxygen atoms in total. The maximum Gasteiger partial charge on any atom is 0.227 e. The first kappa shape index (κ1) is 37.0. The Hall–Kier alpha value is -1.25. The van der Waals surface area contributed by atoms with Gasteiger partial charge in [0.1, 0.15) is 91.5 Å². The summed E-state index contributed by atoms with van der Waals surface area (Å²) in [5.74, 6) is 0.239. The van der Waals surface area contributed by atoms with Crippen LogP contribution in [-0.4, -0.2) is 205 Å². The quantitative estimate of drug-likeness (QED) is 0.102. The van der Waals surface area contributed by atoms with Gasteiger partial charge in [0.25, 0.3) is 0 Å². The number of hydrogen-bond acceptors (Lipinski definition) is 20. The van der Waals surface area contributed by atoms with Crippen molar-refractivity contribution in [1.29, 1.82) is 0 Å². The maximum atomic E-state index is 10.9. The van der Waals surface area contributed by atoms with E-state index in [1.807, 2.05) is 0 Å². The number of aliphatic imine (C=N–C) groups is 1. The first-order chi connectivity index (χ1) is 22.3. The largest absolute Gasteiger partial charge is 0.450 e. The Balaban J connectivity index is 1.20. The molecule has 47 heavy (non-hydrogen) atoms. The first-order valence-corrected chi connectivity index (χ1v) is 15.4. The van der Waals surface area contributed by atoms with Crippen LogP contribution in [0.2, 0.25) is 0 Å². The number of nitrogens with zero attached hydrogens (tertiary/aromatic N) is 1. The van der Waals surface area contributed by atoms with E-state index in [2.05, 4.69) is 4.99 Å². The Morgan fingerprint density at radius 3 is 1.55 bits per heavy atom. The molecule has 0 bridgehead atoms. The summed E-state index contributed by atoms with van der Waals surface area (Å²) in [6, 6.07) is -0.917. The Kier molecular flexibility index (Phi) is 12.1. The van der Waals surface area contributed by atoms with Crippen molar-refractivity contribution in [3.63, 3.8) is 0 Å². The summed E-state index contributed by atoms with van der Waals surface area (Å²) in [7, 11) is 0. The normalized spacial score (nSPS) is 52.1. The zero-order valence-corrected chi connectivity index (χ0v) is 25.5. The predicted molar refractivity (Wildman–Crippen MR) is 147 cm³/mol. The average Bonchev–Trinajstić information content (AvgIpc) is 3.44. The molecule has 0 spiro atoms. The Morgan fingerprint density at radius 1 is 0.574 bits per heavy atom. The molecule has 0 amide bonds. The highest BCUT2D eigenvalue weighted by Crippen LogP contribution is 2.33. The van der Waals surface area contributed by atoms with E-state index in [-0.39, 0.29) is 12.3 Å². The number of aliphatic hydroxyl groups excluding tert-OH is 11. The van der Waals surface area contributed by atoms with Crippen molar-refractivity contribution in [1.82, 2.24) is 0 Å². The van der Waals surface area contributed by atoms with Gasteiger partial charge < -0.3 is 94.1 Å². The summed E-state index contributed by atoms with van der Waals surface area (Å²) in [5.41, 5.74) is 0. The number of rotatable bonds is 10. The van der Waals surface area contributed by atoms with E-state index in [4.69, 9.17) is 37.9 Å². The molecule has 20 atom stereocenters. The Labute approximate surface area is 268 Å². The topological polar surface area (TPSA) is 309 Å². The molecule has 5 aliphatic heterocycles. The third kappa shape index (κ3) is 7.45. The van der Waals surface area contributed by atoms with Crippen molar-refractivity contribution in [3.8, 4) is 0 Å². The Morgan fingerprint density at radius 2 is 1.04 bits per heavy atom. The molecule has 0 radical (unpaired) electrons. The highest BCUT2D eigenvalue weighted by Gasteiger charge is 2.54. The van der Waals surface area contributed by atoms with E-state index in [1.54, 1.807) is 13.8 Å². The molecule has 5 rings (SSSR count). The molecule has 272 valence electrons. The van der Waals surface area contributed by atoms with Crippen LogP contribution >= 0.6 is 0 Å². The summed E-state index contributed by atoms with van der Waals surface area (Å²) in [5, 5.41) is 114. The van der Waals surface area contributed by atoms with E-state index >= 15 is 0 Å². The van der Waals surface area contributed by atoms with Crippen LogP contribution in [0, 0.1) is 0 Å². The van der Waals surface area contributed by atoms with E-state index in [0.717, 1.165) is 0 Å². The molecule has 8 unspecified atom stereocenters. The monoisotopic (exact) mass is 687 g/mol. The van der Waals surface area contributed by atoms with E-state index in [9.17, 15) is 56.2 Å². The maximum absolute atomic E-state index is 10.9. The van der Waals surface area contributed by atoms with Gasteiger partial charge in [0.2, 0.25) is 6.29 Å². The van der Waals surface area contributed by atoms with Crippen LogP contribution in [0.3, 0.4) is 0 Å². The molecule has 0 aromatic carbocycles. The minimum absolute atomic E-state index is 0.239. The molecule has 11 N–H and O–H groups in total. The van der Waals surface area contributed by atoms with Gasteiger partial charge in [-0.15, -0.1) is 0 Å². The third-order valence-electron chi connectivity index (χ3n) is 8.99. The zero-order chi connectivity index (χ0) is 34.3. The van der Waals surface area contributed by atoms with Crippen LogP contribution in [-0.2, 0) is 37.9 Å². The van der Waals surface area contributed by atoms with Gasteiger partial charge in [-0.25, -0.2) is 4.99 Å². The first-order valence-electron chi connectivity index (χ1n) is 15.4. The van der Waals surface area contributed by atoms with Crippen molar-refractivity contribution < 1.29 is 94.1 Å². The fourth-order valence-corrected chi connectivity index (χ4v) is 6.15. The van der Waals surface area contributed by atoms with E-state index in [1.165, 1.54) is 0 Å². The van der Waals surface area contributed by atoms with E-state index in [0.29, 0.717) is 0 Å². The molecule has 0 saturated carbocycles. The highest BCUT2D eigenvalue weighted by atomic mass is 16.8. The minimum atomic E-state index is -1.85. The predicted octanol–water partition coefficient (Wildman–Crippen LogP) is -6.87. The minimum Gasteiger partial charge on any atom is -0.450 e. The van der Waals surface area contributed by atoms with Gasteiger partial charge >= 0.3 is 0 Å².